The number of aromatic nitrogens is 2. The second kappa shape index (κ2) is 11.2. The molecule has 0 bridgehead atoms. The SMILES string of the molecule is COc1ccc(CC(=O)NC(C)c2nc3ccccc3n2CCCOc2ccc3ccccc3c2)cc1. The van der Waals surface area contributed by atoms with Gasteiger partial charge in [-0.1, -0.05) is 54.6 Å². The minimum absolute atomic E-state index is 0.0455. The first-order chi connectivity index (χ1) is 18.1. The van der Waals surface area contributed by atoms with E-state index in [1.807, 2.05) is 67.6 Å². The molecule has 6 heteroatoms. The Kier molecular flexibility index (Phi) is 7.36. The monoisotopic (exact) mass is 493 g/mol. The molecule has 1 heterocycles. The van der Waals surface area contributed by atoms with Gasteiger partial charge in [-0.3, -0.25) is 4.79 Å². The third-order valence-electron chi connectivity index (χ3n) is 6.49. The Morgan fingerprint density at radius 1 is 0.919 bits per heavy atom. The van der Waals surface area contributed by atoms with E-state index in [1.165, 1.54) is 10.8 Å². The van der Waals surface area contributed by atoms with Crippen molar-refractivity contribution >= 4 is 27.7 Å². The maximum absolute atomic E-state index is 12.8. The smallest absolute Gasteiger partial charge is 0.224 e. The molecule has 0 aliphatic heterocycles. The average molecular weight is 494 g/mol. The molecule has 1 N–H and O–H groups in total. The number of rotatable bonds is 10. The van der Waals surface area contributed by atoms with Gasteiger partial charge in [0.2, 0.25) is 5.91 Å². The van der Waals surface area contributed by atoms with Crippen molar-refractivity contribution < 1.29 is 14.3 Å². The molecular weight excluding hydrogens is 462 g/mol. The van der Waals surface area contributed by atoms with Crippen LogP contribution in [0.2, 0.25) is 0 Å². The van der Waals surface area contributed by atoms with Gasteiger partial charge >= 0.3 is 0 Å². The van der Waals surface area contributed by atoms with Crippen LogP contribution in [0.25, 0.3) is 21.8 Å². The Balaban J connectivity index is 1.24. The van der Waals surface area contributed by atoms with Crippen molar-refractivity contribution in [1.29, 1.82) is 0 Å². The molecule has 1 aromatic heterocycles. The van der Waals surface area contributed by atoms with E-state index in [4.69, 9.17) is 14.5 Å². The van der Waals surface area contributed by atoms with Crippen molar-refractivity contribution in [2.45, 2.75) is 32.4 Å². The van der Waals surface area contributed by atoms with Crippen LogP contribution in [-0.4, -0.2) is 29.2 Å². The van der Waals surface area contributed by atoms with Crippen molar-refractivity contribution in [2.24, 2.45) is 0 Å². The fourth-order valence-electron chi connectivity index (χ4n) is 4.62. The molecule has 37 heavy (non-hydrogen) atoms. The molecule has 5 aromatic rings. The van der Waals surface area contributed by atoms with E-state index in [-0.39, 0.29) is 11.9 Å². The van der Waals surface area contributed by atoms with Crippen LogP contribution in [-0.2, 0) is 17.8 Å². The molecule has 0 saturated heterocycles. The highest BCUT2D eigenvalue weighted by molar-refractivity contribution is 5.83. The maximum atomic E-state index is 12.8. The molecule has 6 nitrogen and oxygen atoms in total. The van der Waals surface area contributed by atoms with E-state index < -0.39 is 0 Å². The van der Waals surface area contributed by atoms with Crippen LogP contribution in [0.5, 0.6) is 11.5 Å². The lowest BCUT2D eigenvalue weighted by atomic mass is 10.1. The predicted molar refractivity (Wildman–Crippen MR) is 147 cm³/mol. The van der Waals surface area contributed by atoms with Crippen LogP contribution in [0.4, 0.5) is 0 Å². The predicted octanol–water partition coefficient (Wildman–Crippen LogP) is 6.09. The summed E-state index contributed by atoms with van der Waals surface area (Å²) >= 11 is 0. The number of carbonyl (C=O) groups excluding carboxylic acids is 1. The first-order valence-corrected chi connectivity index (χ1v) is 12.6. The number of imidazole rings is 1. The molecule has 1 unspecified atom stereocenters. The van der Waals surface area contributed by atoms with Crippen molar-refractivity contribution in [3.05, 3.63) is 102 Å². The van der Waals surface area contributed by atoms with Crippen molar-refractivity contribution in [3.8, 4) is 11.5 Å². The first-order valence-electron chi connectivity index (χ1n) is 12.6. The van der Waals surface area contributed by atoms with Gasteiger partial charge in [0.05, 0.1) is 37.2 Å². The van der Waals surface area contributed by atoms with Crippen LogP contribution in [0.3, 0.4) is 0 Å². The van der Waals surface area contributed by atoms with Gasteiger partial charge in [0.1, 0.15) is 17.3 Å². The van der Waals surface area contributed by atoms with Crippen LogP contribution in [0, 0.1) is 0 Å². The summed E-state index contributed by atoms with van der Waals surface area (Å²) in [6.07, 6.45) is 1.11. The molecular formula is C31H31N3O3. The van der Waals surface area contributed by atoms with Crippen LogP contribution in [0.15, 0.2) is 91.0 Å². The fourth-order valence-corrected chi connectivity index (χ4v) is 4.62. The molecule has 4 aromatic carbocycles. The number of hydrogen-bond donors (Lipinski definition) is 1. The van der Waals surface area contributed by atoms with Crippen molar-refractivity contribution in [3.63, 3.8) is 0 Å². The highest BCUT2D eigenvalue weighted by atomic mass is 16.5. The zero-order valence-electron chi connectivity index (χ0n) is 21.2. The Bertz CT molecular complexity index is 1510. The van der Waals surface area contributed by atoms with E-state index in [0.29, 0.717) is 13.0 Å². The lowest BCUT2D eigenvalue weighted by molar-refractivity contribution is -0.121. The number of para-hydroxylation sites is 2. The van der Waals surface area contributed by atoms with E-state index in [2.05, 4.69) is 40.2 Å². The Morgan fingerprint density at radius 2 is 1.65 bits per heavy atom. The number of benzene rings is 4. The molecule has 0 fully saturated rings. The number of ether oxygens (including phenoxy) is 2. The van der Waals surface area contributed by atoms with Gasteiger partial charge in [0.15, 0.2) is 0 Å². The standard InChI is InChI=1S/C31H31N3O3/c1-22(32-30(35)20-23-12-15-26(36-2)16-13-23)31-33-28-10-5-6-11-29(28)34(31)18-7-19-37-27-17-14-24-8-3-4-9-25(24)21-27/h3-6,8-17,21-22H,7,18-20H2,1-2H3,(H,32,35). The summed E-state index contributed by atoms with van der Waals surface area (Å²) in [4.78, 5) is 17.6. The van der Waals surface area contributed by atoms with Gasteiger partial charge in [-0.05, 0) is 66.1 Å². The topological polar surface area (TPSA) is 65.4 Å². The van der Waals surface area contributed by atoms with E-state index >= 15 is 0 Å². The van der Waals surface area contributed by atoms with Crippen LogP contribution in [0.1, 0.15) is 30.8 Å². The zero-order chi connectivity index (χ0) is 25.6. The Labute approximate surface area is 216 Å². The molecule has 0 saturated carbocycles. The van der Waals surface area contributed by atoms with Gasteiger partial charge in [0.25, 0.3) is 0 Å². The number of fused-ring (bicyclic) bond motifs is 2. The molecule has 1 amide bonds. The summed E-state index contributed by atoms with van der Waals surface area (Å²) in [5.74, 6) is 2.44. The van der Waals surface area contributed by atoms with Gasteiger partial charge in [-0.2, -0.15) is 0 Å². The number of nitrogens with one attached hydrogen (secondary N) is 1. The quantitative estimate of drug-likeness (QED) is 0.239. The van der Waals surface area contributed by atoms with E-state index in [1.54, 1.807) is 7.11 Å². The second-order valence-corrected chi connectivity index (χ2v) is 9.14. The van der Waals surface area contributed by atoms with Crippen molar-refractivity contribution in [2.75, 3.05) is 13.7 Å². The first kappa shape index (κ1) is 24.4. The number of amides is 1. The molecule has 5 rings (SSSR count). The molecule has 188 valence electrons. The minimum Gasteiger partial charge on any atom is -0.497 e. The highest BCUT2D eigenvalue weighted by Crippen LogP contribution is 2.23. The summed E-state index contributed by atoms with van der Waals surface area (Å²) in [5.41, 5.74) is 2.91. The van der Waals surface area contributed by atoms with Gasteiger partial charge in [0, 0.05) is 6.54 Å². The summed E-state index contributed by atoms with van der Waals surface area (Å²) in [6, 6.07) is 29.8. The zero-order valence-corrected chi connectivity index (χ0v) is 21.2. The molecule has 0 spiro atoms. The Morgan fingerprint density at radius 3 is 2.46 bits per heavy atom. The summed E-state index contributed by atoms with van der Waals surface area (Å²) in [5, 5.41) is 5.49. The maximum Gasteiger partial charge on any atom is 0.224 e. The highest BCUT2D eigenvalue weighted by Gasteiger charge is 2.18. The Hall–Kier alpha value is -4.32. The summed E-state index contributed by atoms with van der Waals surface area (Å²) < 4.78 is 13.5. The van der Waals surface area contributed by atoms with Gasteiger partial charge in [-0.25, -0.2) is 4.98 Å². The minimum atomic E-state index is -0.237. The van der Waals surface area contributed by atoms with Crippen molar-refractivity contribution in [1.82, 2.24) is 14.9 Å². The summed E-state index contributed by atoms with van der Waals surface area (Å²) in [6.45, 7) is 3.31. The number of hydrogen-bond acceptors (Lipinski definition) is 4. The lowest BCUT2D eigenvalue weighted by Crippen LogP contribution is -2.30. The van der Waals surface area contributed by atoms with Gasteiger partial charge < -0.3 is 19.4 Å². The number of methoxy groups -OCH3 is 1. The molecule has 0 aliphatic rings. The van der Waals surface area contributed by atoms with E-state index in [0.717, 1.165) is 46.9 Å². The lowest BCUT2D eigenvalue weighted by Gasteiger charge is -2.17. The van der Waals surface area contributed by atoms with Crippen LogP contribution >= 0.6 is 0 Å². The largest absolute Gasteiger partial charge is 0.497 e. The fraction of sp³-hybridized carbons (Fsp3) is 0.226. The molecule has 0 radical (unpaired) electrons. The normalized spacial score (nSPS) is 11.9. The number of aryl methyl sites for hydroxylation is 1. The average Bonchev–Trinajstić information content (AvgIpc) is 3.30. The van der Waals surface area contributed by atoms with E-state index in [9.17, 15) is 4.79 Å². The second-order valence-electron chi connectivity index (χ2n) is 9.14. The number of nitrogens with zero attached hydrogens (tertiary/aromatic N) is 2. The van der Waals surface area contributed by atoms with Gasteiger partial charge in [-0.15, -0.1) is 0 Å². The third kappa shape index (κ3) is 5.75. The summed E-state index contributed by atoms with van der Waals surface area (Å²) in [7, 11) is 1.63. The molecule has 0 aliphatic carbocycles. The third-order valence-corrected chi connectivity index (χ3v) is 6.49. The number of carbonyl (C=O) groups is 1. The molecule has 1 atom stereocenters. The van der Waals surface area contributed by atoms with Crippen LogP contribution < -0.4 is 14.8 Å².